The number of rotatable bonds is 7. The van der Waals surface area contributed by atoms with Gasteiger partial charge in [-0.2, -0.15) is 0 Å². The predicted molar refractivity (Wildman–Crippen MR) is 121 cm³/mol. The van der Waals surface area contributed by atoms with E-state index in [-0.39, 0.29) is 28.9 Å². The highest BCUT2D eigenvalue weighted by Crippen LogP contribution is 2.16. The Labute approximate surface area is 182 Å². The van der Waals surface area contributed by atoms with Crippen LogP contribution in [0.1, 0.15) is 28.1 Å². The number of thiazole rings is 1. The van der Waals surface area contributed by atoms with Crippen molar-refractivity contribution in [3.8, 4) is 0 Å². The molecule has 10 heteroatoms. The van der Waals surface area contributed by atoms with Crippen LogP contribution in [0.5, 0.6) is 0 Å². The van der Waals surface area contributed by atoms with E-state index in [0.717, 1.165) is 22.8 Å². The fourth-order valence-electron chi connectivity index (χ4n) is 2.34. The molecule has 0 saturated carbocycles. The summed E-state index contributed by atoms with van der Waals surface area (Å²) >= 11 is 1.67. The minimum absolute atomic E-state index is 0. The highest BCUT2D eigenvalue weighted by atomic mass is 127. The molecule has 27 heavy (non-hydrogen) atoms. The number of nitrogens with zero attached hydrogens (tertiary/aromatic N) is 2. The van der Waals surface area contributed by atoms with Crippen LogP contribution in [0.4, 0.5) is 0 Å². The maximum absolute atomic E-state index is 11.9. The van der Waals surface area contributed by atoms with Crippen molar-refractivity contribution < 1.29 is 8.42 Å². The number of aryl methyl sites for hydroxylation is 2. The molecule has 0 bridgehead atoms. The van der Waals surface area contributed by atoms with Crippen LogP contribution in [-0.4, -0.2) is 33.0 Å². The van der Waals surface area contributed by atoms with Crippen molar-refractivity contribution in [2.75, 3.05) is 13.6 Å². The molecule has 2 aromatic rings. The van der Waals surface area contributed by atoms with Crippen LogP contribution in [0.2, 0.25) is 0 Å². The van der Waals surface area contributed by atoms with E-state index in [4.69, 9.17) is 0 Å². The Kier molecular flexibility index (Phi) is 9.63. The van der Waals surface area contributed by atoms with E-state index in [2.05, 4.69) is 25.3 Å². The van der Waals surface area contributed by atoms with Crippen molar-refractivity contribution in [3.05, 3.63) is 45.4 Å². The molecular weight excluding hydrogens is 497 g/mol. The van der Waals surface area contributed by atoms with Crippen LogP contribution in [0.3, 0.4) is 0 Å². The van der Waals surface area contributed by atoms with Gasteiger partial charge in [0.25, 0.3) is 0 Å². The van der Waals surface area contributed by atoms with Crippen molar-refractivity contribution in [2.24, 2.45) is 4.99 Å². The number of aromatic nitrogens is 1. The van der Waals surface area contributed by atoms with Crippen LogP contribution in [0.25, 0.3) is 0 Å². The van der Waals surface area contributed by atoms with Crippen molar-refractivity contribution >= 4 is 51.3 Å². The first-order chi connectivity index (χ1) is 12.4. The normalized spacial score (nSPS) is 11.8. The van der Waals surface area contributed by atoms with E-state index in [1.807, 2.05) is 26.8 Å². The SMILES string of the molecule is CCNC(=NCc1cccc(S(=O)(=O)NC)c1)NCc1sc(C)nc1C.I. The molecule has 1 aromatic carbocycles. The van der Waals surface area contributed by atoms with Gasteiger partial charge in [-0.1, -0.05) is 12.1 Å². The minimum atomic E-state index is -3.45. The standard InChI is InChI=1S/C17H25N5O2S2.HI/c1-5-19-17(21-11-16-12(2)22-13(3)25-16)20-10-14-7-6-8-15(9-14)26(23,24)18-4;/h6-9,18H,5,10-11H2,1-4H3,(H2,19,20,21);1H. The van der Waals surface area contributed by atoms with Crippen molar-refractivity contribution in [1.29, 1.82) is 0 Å². The maximum Gasteiger partial charge on any atom is 0.240 e. The lowest BCUT2D eigenvalue weighted by Gasteiger charge is -2.11. The van der Waals surface area contributed by atoms with Crippen LogP contribution in [-0.2, 0) is 23.1 Å². The van der Waals surface area contributed by atoms with Gasteiger partial charge < -0.3 is 10.6 Å². The third kappa shape index (κ3) is 7.01. The van der Waals surface area contributed by atoms with E-state index in [1.165, 1.54) is 11.9 Å². The average molecular weight is 523 g/mol. The zero-order chi connectivity index (χ0) is 19.2. The van der Waals surface area contributed by atoms with Crippen LogP contribution >= 0.6 is 35.3 Å². The molecule has 0 radical (unpaired) electrons. The zero-order valence-corrected chi connectivity index (χ0v) is 19.8. The summed E-state index contributed by atoms with van der Waals surface area (Å²) < 4.78 is 26.1. The van der Waals surface area contributed by atoms with Crippen LogP contribution < -0.4 is 15.4 Å². The molecule has 0 fully saturated rings. The van der Waals surface area contributed by atoms with Crippen molar-refractivity contribution in [3.63, 3.8) is 0 Å². The van der Waals surface area contributed by atoms with Crippen LogP contribution in [0, 0.1) is 13.8 Å². The molecule has 0 aliphatic rings. The number of nitrogens with one attached hydrogen (secondary N) is 3. The van der Waals surface area contributed by atoms with Gasteiger partial charge >= 0.3 is 0 Å². The monoisotopic (exact) mass is 523 g/mol. The third-order valence-electron chi connectivity index (χ3n) is 3.66. The topological polar surface area (TPSA) is 95.5 Å². The lowest BCUT2D eigenvalue weighted by atomic mass is 10.2. The number of guanidine groups is 1. The van der Waals surface area contributed by atoms with Gasteiger partial charge in [-0.15, -0.1) is 35.3 Å². The first-order valence-corrected chi connectivity index (χ1v) is 10.6. The summed E-state index contributed by atoms with van der Waals surface area (Å²) in [4.78, 5) is 10.4. The second kappa shape index (κ2) is 10.9. The van der Waals surface area contributed by atoms with E-state index in [9.17, 15) is 8.42 Å². The van der Waals surface area contributed by atoms with E-state index in [1.54, 1.807) is 29.5 Å². The number of aliphatic imine (C=N–C) groups is 1. The summed E-state index contributed by atoms with van der Waals surface area (Å²) in [5.74, 6) is 0.680. The first-order valence-electron chi connectivity index (χ1n) is 8.33. The quantitative estimate of drug-likeness (QED) is 0.295. The highest BCUT2D eigenvalue weighted by molar-refractivity contribution is 14.0. The van der Waals surface area contributed by atoms with E-state index in [0.29, 0.717) is 19.0 Å². The fourth-order valence-corrected chi connectivity index (χ4v) is 4.02. The smallest absolute Gasteiger partial charge is 0.240 e. The minimum Gasteiger partial charge on any atom is -0.357 e. The van der Waals surface area contributed by atoms with Crippen molar-refractivity contribution in [2.45, 2.75) is 38.8 Å². The maximum atomic E-state index is 11.9. The lowest BCUT2D eigenvalue weighted by molar-refractivity contribution is 0.588. The van der Waals surface area contributed by atoms with Crippen LogP contribution in [0.15, 0.2) is 34.2 Å². The fraction of sp³-hybridized carbons (Fsp3) is 0.412. The Morgan fingerprint density at radius 3 is 2.59 bits per heavy atom. The zero-order valence-electron chi connectivity index (χ0n) is 15.9. The van der Waals surface area contributed by atoms with Gasteiger partial charge in [-0.05, 0) is 45.5 Å². The molecule has 0 aliphatic heterocycles. The molecule has 0 amide bonds. The second-order valence-corrected chi connectivity index (χ2v) is 8.82. The van der Waals surface area contributed by atoms with Crippen molar-refractivity contribution in [1.82, 2.24) is 20.3 Å². The number of hydrogen-bond acceptors (Lipinski definition) is 5. The van der Waals surface area contributed by atoms with Gasteiger partial charge in [-0.25, -0.2) is 23.1 Å². The van der Waals surface area contributed by atoms with Gasteiger partial charge in [0.15, 0.2) is 5.96 Å². The molecule has 0 unspecified atom stereocenters. The summed E-state index contributed by atoms with van der Waals surface area (Å²) in [5.41, 5.74) is 1.85. The Balaban J connectivity index is 0.00000364. The lowest BCUT2D eigenvalue weighted by Crippen LogP contribution is -2.36. The van der Waals surface area contributed by atoms with Gasteiger partial charge in [0, 0.05) is 11.4 Å². The summed E-state index contributed by atoms with van der Waals surface area (Å²) in [7, 11) is -2.05. The number of hydrogen-bond donors (Lipinski definition) is 3. The molecule has 1 aromatic heterocycles. The summed E-state index contributed by atoms with van der Waals surface area (Å²) in [6.45, 7) is 7.76. The van der Waals surface area contributed by atoms with Gasteiger partial charge in [0.1, 0.15) is 0 Å². The predicted octanol–water partition coefficient (Wildman–Crippen LogP) is 2.54. The molecule has 3 N–H and O–H groups in total. The molecule has 1 heterocycles. The third-order valence-corrected chi connectivity index (χ3v) is 6.14. The number of benzene rings is 1. The molecule has 0 aliphatic carbocycles. The largest absolute Gasteiger partial charge is 0.357 e. The Bertz CT molecular complexity index is 881. The molecule has 0 spiro atoms. The summed E-state index contributed by atoms with van der Waals surface area (Å²) in [5, 5.41) is 7.54. The molecule has 0 saturated heterocycles. The first kappa shape index (κ1) is 23.8. The number of sulfonamides is 1. The Morgan fingerprint density at radius 2 is 2.00 bits per heavy atom. The van der Waals surface area contributed by atoms with Gasteiger partial charge in [0.2, 0.25) is 10.0 Å². The molecule has 2 rings (SSSR count). The molecule has 0 atom stereocenters. The van der Waals surface area contributed by atoms with Gasteiger partial charge in [-0.3, -0.25) is 0 Å². The Hall–Kier alpha value is -1.24. The highest BCUT2D eigenvalue weighted by Gasteiger charge is 2.11. The molecule has 150 valence electrons. The summed E-state index contributed by atoms with van der Waals surface area (Å²) in [6.07, 6.45) is 0. The average Bonchev–Trinajstić information content (AvgIpc) is 2.95. The molecule has 7 nitrogen and oxygen atoms in total. The summed E-state index contributed by atoms with van der Waals surface area (Å²) in [6, 6.07) is 6.78. The van der Waals surface area contributed by atoms with E-state index < -0.39 is 10.0 Å². The molecular formula is C17H26IN5O2S2. The van der Waals surface area contributed by atoms with Gasteiger partial charge in [0.05, 0.1) is 28.7 Å². The number of halogens is 1. The Morgan fingerprint density at radius 1 is 1.26 bits per heavy atom. The van der Waals surface area contributed by atoms with E-state index >= 15 is 0 Å². The second-order valence-electron chi connectivity index (χ2n) is 5.65.